The van der Waals surface area contributed by atoms with Crippen LogP contribution in [0.3, 0.4) is 0 Å². The Hall–Kier alpha value is -3.06. The summed E-state index contributed by atoms with van der Waals surface area (Å²) < 4.78 is 5.18. The number of hydrogen-bond acceptors (Lipinski definition) is 5. The molecule has 0 radical (unpaired) electrons. The SMILES string of the molecule is Cc1noc(C)c1CSc1ccccc1C(=O)NNC(=O)c1ccccc1. The maximum Gasteiger partial charge on any atom is 0.270 e. The van der Waals surface area contributed by atoms with Gasteiger partial charge in [0.2, 0.25) is 0 Å². The van der Waals surface area contributed by atoms with E-state index in [0.717, 1.165) is 21.9 Å². The molecule has 1 heterocycles. The first-order valence-electron chi connectivity index (χ1n) is 8.35. The van der Waals surface area contributed by atoms with Crippen molar-refractivity contribution in [2.75, 3.05) is 0 Å². The highest BCUT2D eigenvalue weighted by Crippen LogP contribution is 2.28. The van der Waals surface area contributed by atoms with Crippen molar-refractivity contribution < 1.29 is 14.1 Å². The number of carbonyl (C=O) groups excluding carboxylic acids is 2. The van der Waals surface area contributed by atoms with Crippen LogP contribution in [-0.2, 0) is 5.75 Å². The maximum atomic E-state index is 12.5. The summed E-state index contributed by atoms with van der Waals surface area (Å²) >= 11 is 1.52. The number of carbonyl (C=O) groups is 2. The molecule has 0 fully saturated rings. The lowest BCUT2D eigenvalue weighted by Gasteiger charge is -2.11. The summed E-state index contributed by atoms with van der Waals surface area (Å²) in [5.74, 6) is 0.671. The number of hydrogen-bond donors (Lipinski definition) is 2. The summed E-state index contributed by atoms with van der Waals surface area (Å²) in [6, 6.07) is 15.9. The second-order valence-corrected chi connectivity index (χ2v) is 6.88. The van der Waals surface area contributed by atoms with Crippen molar-refractivity contribution >= 4 is 23.6 Å². The van der Waals surface area contributed by atoms with Gasteiger partial charge in [-0.2, -0.15) is 0 Å². The maximum absolute atomic E-state index is 12.5. The highest BCUT2D eigenvalue weighted by molar-refractivity contribution is 7.98. The van der Waals surface area contributed by atoms with Crippen LogP contribution in [0.2, 0.25) is 0 Å². The molecule has 0 unspecified atom stereocenters. The van der Waals surface area contributed by atoms with Gasteiger partial charge in [0.25, 0.3) is 11.8 Å². The van der Waals surface area contributed by atoms with Crippen molar-refractivity contribution in [1.29, 1.82) is 0 Å². The van der Waals surface area contributed by atoms with Crippen LogP contribution in [-0.4, -0.2) is 17.0 Å². The van der Waals surface area contributed by atoms with E-state index in [1.807, 2.05) is 32.0 Å². The molecular weight excluding hydrogens is 362 g/mol. The molecule has 0 aliphatic rings. The van der Waals surface area contributed by atoms with Crippen molar-refractivity contribution in [1.82, 2.24) is 16.0 Å². The van der Waals surface area contributed by atoms with E-state index < -0.39 is 0 Å². The van der Waals surface area contributed by atoms with E-state index in [2.05, 4.69) is 16.0 Å². The van der Waals surface area contributed by atoms with E-state index in [1.54, 1.807) is 36.4 Å². The third-order valence-corrected chi connectivity index (χ3v) is 5.11. The monoisotopic (exact) mass is 381 g/mol. The van der Waals surface area contributed by atoms with E-state index in [9.17, 15) is 9.59 Å². The molecule has 138 valence electrons. The fourth-order valence-corrected chi connectivity index (χ4v) is 3.68. The number of benzene rings is 2. The number of thioether (sulfide) groups is 1. The molecule has 0 atom stereocenters. The van der Waals surface area contributed by atoms with Gasteiger partial charge >= 0.3 is 0 Å². The lowest BCUT2D eigenvalue weighted by molar-refractivity contribution is 0.0845. The Morgan fingerprint density at radius 1 is 0.963 bits per heavy atom. The Labute approximate surface area is 161 Å². The van der Waals surface area contributed by atoms with Gasteiger partial charge in [0, 0.05) is 21.8 Å². The van der Waals surface area contributed by atoms with Crippen molar-refractivity contribution in [3.05, 3.63) is 82.7 Å². The number of nitrogens with one attached hydrogen (secondary N) is 2. The predicted octanol–water partition coefficient (Wildman–Crippen LogP) is 3.66. The van der Waals surface area contributed by atoms with Crippen molar-refractivity contribution in [3.63, 3.8) is 0 Å². The minimum Gasteiger partial charge on any atom is -0.361 e. The van der Waals surface area contributed by atoms with Crippen molar-refractivity contribution in [2.45, 2.75) is 24.5 Å². The second kappa shape index (κ2) is 8.55. The summed E-state index contributed by atoms with van der Waals surface area (Å²) in [5.41, 5.74) is 7.74. The first-order chi connectivity index (χ1) is 13.1. The normalized spacial score (nSPS) is 10.4. The standard InChI is InChI=1S/C20H19N3O3S/c1-13-17(14(2)26-23-13)12-27-18-11-7-6-10-16(18)20(25)22-21-19(24)15-8-4-3-5-9-15/h3-11H,12H2,1-2H3,(H,21,24)(H,22,25). The van der Waals surface area contributed by atoms with Gasteiger partial charge in [-0.05, 0) is 38.1 Å². The predicted molar refractivity (Wildman–Crippen MR) is 103 cm³/mol. The molecule has 2 N–H and O–H groups in total. The molecule has 3 rings (SSSR count). The lowest BCUT2D eigenvalue weighted by atomic mass is 10.2. The Bertz CT molecular complexity index is 935. The Morgan fingerprint density at radius 2 is 1.63 bits per heavy atom. The summed E-state index contributed by atoms with van der Waals surface area (Å²) in [4.78, 5) is 25.4. The van der Waals surface area contributed by atoms with Gasteiger partial charge in [0.15, 0.2) is 0 Å². The molecule has 3 aromatic rings. The average Bonchev–Trinajstić information content (AvgIpc) is 3.02. The van der Waals surface area contributed by atoms with E-state index in [-0.39, 0.29) is 11.8 Å². The molecule has 1 aromatic heterocycles. The summed E-state index contributed by atoms with van der Waals surface area (Å²) in [7, 11) is 0. The smallest absolute Gasteiger partial charge is 0.270 e. The summed E-state index contributed by atoms with van der Waals surface area (Å²) in [6.45, 7) is 3.76. The van der Waals surface area contributed by atoms with Crippen LogP contribution in [0.4, 0.5) is 0 Å². The van der Waals surface area contributed by atoms with Crippen LogP contribution in [0.25, 0.3) is 0 Å². The second-order valence-electron chi connectivity index (χ2n) is 5.86. The zero-order chi connectivity index (χ0) is 19.2. The number of rotatable bonds is 5. The molecule has 27 heavy (non-hydrogen) atoms. The number of amides is 2. The van der Waals surface area contributed by atoms with E-state index in [0.29, 0.717) is 16.9 Å². The third-order valence-electron chi connectivity index (χ3n) is 4.01. The molecular formula is C20H19N3O3S. The molecule has 7 heteroatoms. The highest BCUT2D eigenvalue weighted by Gasteiger charge is 2.15. The van der Waals surface area contributed by atoms with Gasteiger partial charge in [-0.1, -0.05) is 35.5 Å². The zero-order valence-corrected chi connectivity index (χ0v) is 15.8. The van der Waals surface area contributed by atoms with Crippen molar-refractivity contribution in [2.24, 2.45) is 0 Å². The number of aryl methyl sites for hydroxylation is 2. The third kappa shape index (κ3) is 4.57. The van der Waals surface area contributed by atoms with Gasteiger partial charge < -0.3 is 4.52 Å². The molecule has 2 aromatic carbocycles. The van der Waals surface area contributed by atoms with Crippen LogP contribution in [0.5, 0.6) is 0 Å². The minimum atomic E-state index is -0.374. The van der Waals surface area contributed by atoms with Crippen LogP contribution in [0.1, 0.15) is 37.7 Å². The van der Waals surface area contributed by atoms with E-state index >= 15 is 0 Å². The van der Waals surface area contributed by atoms with Crippen molar-refractivity contribution in [3.8, 4) is 0 Å². The van der Waals surface area contributed by atoms with Crippen LogP contribution < -0.4 is 10.9 Å². The van der Waals surface area contributed by atoms with E-state index in [1.165, 1.54) is 11.8 Å². The first-order valence-corrected chi connectivity index (χ1v) is 9.34. The highest BCUT2D eigenvalue weighted by atomic mass is 32.2. The van der Waals surface area contributed by atoms with Gasteiger partial charge in [0.1, 0.15) is 5.76 Å². The average molecular weight is 381 g/mol. The fraction of sp³-hybridized carbons (Fsp3) is 0.150. The number of hydrazine groups is 1. The Balaban J connectivity index is 1.66. The first kappa shape index (κ1) is 18.7. The molecule has 6 nitrogen and oxygen atoms in total. The largest absolute Gasteiger partial charge is 0.361 e. The van der Waals surface area contributed by atoms with Crippen LogP contribution in [0, 0.1) is 13.8 Å². The molecule has 0 aliphatic heterocycles. The fourth-order valence-electron chi connectivity index (χ4n) is 2.48. The van der Waals surface area contributed by atoms with Gasteiger partial charge in [0.05, 0.1) is 11.3 Å². The molecule has 2 amide bonds. The summed E-state index contributed by atoms with van der Waals surface area (Å²) in [5, 5.41) is 3.95. The molecule has 0 bridgehead atoms. The van der Waals surface area contributed by atoms with Gasteiger partial charge in [-0.25, -0.2) is 0 Å². The molecule has 0 saturated heterocycles. The Morgan fingerprint density at radius 3 is 2.33 bits per heavy atom. The van der Waals surface area contributed by atoms with Crippen LogP contribution >= 0.6 is 11.8 Å². The number of nitrogens with zero attached hydrogens (tertiary/aromatic N) is 1. The number of aromatic nitrogens is 1. The quantitative estimate of drug-likeness (QED) is 0.520. The van der Waals surface area contributed by atoms with Crippen LogP contribution in [0.15, 0.2) is 64.0 Å². The minimum absolute atomic E-state index is 0.371. The Kier molecular flexibility index (Phi) is 5.93. The zero-order valence-electron chi connectivity index (χ0n) is 15.0. The lowest BCUT2D eigenvalue weighted by Crippen LogP contribution is -2.41. The molecule has 0 aliphatic carbocycles. The molecule has 0 spiro atoms. The summed E-state index contributed by atoms with van der Waals surface area (Å²) in [6.07, 6.45) is 0. The molecule has 0 saturated carbocycles. The van der Waals surface area contributed by atoms with Gasteiger partial charge in [-0.15, -0.1) is 11.8 Å². The van der Waals surface area contributed by atoms with Gasteiger partial charge in [-0.3, -0.25) is 20.4 Å². The van der Waals surface area contributed by atoms with E-state index in [4.69, 9.17) is 4.52 Å². The topological polar surface area (TPSA) is 84.2 Å².